The summed E-state index contributed by atoms with van der Waals surface area (Å²) >= 11 is 1.76. The Labute approximate surface area is 381 Å². The fraction of sp³-hybridized carbons (Fsp3) is 0.889. The van der Waals surface area contributed by atoms with E-state index in [1.807, 2.05) is 0 Å². The van der Waals surface area contributed by atoms with Crippen LogP contribution in [0.4, 0.5) is 0 Å². The number of carbonyl (C=O) groups is 5. The summed E-state index contributed by atoms with van der Waals surface area (Å²) in [7, 11) is 0. The van der Waals surface area contributed by atoms with Crippen molar-refractivity contribution in [3.05, 3.63) is 0 Å². The summed E-state index contributed by atoms with van der Waals surface area (Å²) in [5.74, 6) is 1.43. The van der Waals surface area contributed by atoms with Gasteiger partial charge in [-0.25, -0.2) is 0 Å². The Morgan fingerprint density at radius 1 is 0.444 bits per heavy atom. The van der Waals surface area contributed by atoms with Crippen LogP contribution in [0.2, 0.25) is 0 Å². The van der Waals surface area contributed by atoms with Crippen LogP contribution in [0, 0.1) is 11.8 Å². The summed E-state index contributed by atoms with van der Waals surface area (Å²) < 4.78 is 65.6. The molecule has 0 amide bonds. The van der Waals surface area contributed by atoms with Crippen molar-refractivity contribution in [2.75, 3.05) is 164 Å². The molecule has 3 atom stereocenters. The monoisotopic (exact) mass is 927 g/mol. The summed E-state index contributed by atoms with van der Waals surface area (Å²) in [5.41, 5.74) is 0. The van der Waals surface area contributed by atoms with Crippen molar-refractivity contribution >= 4 is 40.7 Å². The number of thioether (sulfide) groups is 1. The third kappa shape index (κ3) is 39.1. The third-order valence-corrected chi connectivity index (χ3v) is 10.6. The van der Waals surface area contributed by atoms with Crippen LogP contribution >= 0.6 is 11.8 Å². The van der Waals surface area contributed by atoms with E-state index >= 15 is 0 Å². The average molecular weight is 927 g/mol. The first kappa shape index (κ1) is 61.2. The highest BCUT2D eigenvalue weighted by atomic mass is 32.2. The molecule has 0 radical (unpaired) electrons. The molecule has 1 aliphatic carbocycles. The van der Waals surface area contributed by atoms with E-state index in [4.69, 9.17) is 56.8 Å². The van der Waals surface area contributed by atoms with Crippen molar-refractivity contribution in [1.82, 2.24) is 0 Å². The van der Waals surface area contributed by atoms with Gasteiger partial charge in [0.2, 0.25) is 0 Å². The molecular formula is C45H82O17S. The molecule has 1 aliphatic heterocycles. The standard InChI is InChI=1S/C41H72O16S.C3H6O.CH4/c1-35(42)8-10-47-12-14-49-16-18-51-20-22-53-24-26-55-28-30-57-32-31-56-29-27-54-25-23-52-21-19-50-17-15-48-13-11-46-9-4-6-36(43)5-2-3-7-40-41-37(34-58-40)38(44)33-39(41)45;1-3(2)4;/h37,40-41H,2-34H2,1H3;1-2H3;1H4/t37-,40+,41-;;/m1../s1. The second kappa shape index (κ2) is 45.4. The van der Waals surface area contributed by atoms with Crippen LogP contribution in [0.1, 0.15) is 79.6 Å². The van der Waals surface area contributed by atoms with Crippen molar-refractivity contribution < 1.29 is 80.8 Å². The fourth-order valence-corrected chi connectivity index (χ4v) is 7.73. The predicted octanol–water partition coefficient (Wildman–Crippen LogP) is 4.20. The van der Waals surface area contributed by atoms with Gasteiger partial charge in [0.25, 0.3) is 0 Å². The SMILES string of the molecule is C.CC(=O)CCOCCOCCOCCOCCOCCOCCOCCOCCOCCOCCOCCOCCCC(=O)CCCC[C@@H]1SC[C@@H]2C(=O)CC(=O)[C@H]12.CC(C)=O. The van der Waals surface area contributed by atoms with Gasteiger partial charge in [0.1, 0.15) is 28.9 Å². The van der Waals surface area contributed by atoms with Crippen molar-refractivity contribution in [2.45, 2.75) is 84.8 Å². The van der Waals surface area contributed by atoms with Gasteiger partial charge in [-0.3, -0.25) is 19.2 Å². The Balaban J connectivity index is 0.00000735. The van der Waals surface area contributed by atoms with E-state index in [0.29, 0.717) is 184 Å². The number of carbonyl (C=O) groups excluding carboxylic acids is 5. The highest BCUT2D eigenvalue weighted by Gasteiger charge is 2.49. The van der Waals surface area contributed by atoms with Gasteiger partial charge in [-0.15, -0.1) is 0 Å². The molecule has 0 aromatic heterocycles. The third-order valence-electron chi connectivity index (χ3n) is 9.09. The zero-order valence-electron chi connectivity index (χ0n) is 37.9. The van der Waals surface area contributed by atoms with Gasteiger partial charge in [-0.05, 0) is 40.0 Å². The molecule has 1 saturated heterocycles. The number of ether oxygens (including phenoxy) is 12. The van der Waals surface area contributed by atoms with E-state index in [9.17, 15) is 24.0 Å². The normalized spacial score (nSPS) is 16.8. The minimum absolute atomic E-state index is 0. The quantitative estimate of drug-likeness (QED) is 0.0622. The second-order valence-electron chi connectivity index (χ2n) is 14.7. The van der Waals surface area contributed by atoms with Crippen molar-refractivity contribution in [1.29, 1.82) is 0 Å². The first-order chi connectivity index (χ1) is 30.2. The molecule has 0 bridgehead atoms. The molecule has 17 nitrogen and oxygen atoms in total. The van der Waals surface area contributed by atoms with Crippen LogP contribution in [0.3, 0.4) is 0 Å². The predicted molar refractivity (Wildman–Crippen MR) is 239 cm³/mol. The van der Waals surface area contributed by atoms with Gasteiger partial charge in [0.15, 0.2) is 0 Å². The number of rotatable bonds is 45. The van der Waals surface area contributed by atoms with Gasteiger partial charge in [-0.2, -0.15) is 11.8 Å². The Hall–Kier alpha value is -1.78. The van der Waals surface area contributed by atoms with Crippen molar-refractivity contribution in [3.8, 4) is 0 Å². The molecule has 0 aromatic rings. The van der Waals surface area contributed by atoms with Gasteiger partial charge < -0.3 is 61.6 Å². The number of hydrogen-bond donors (Lipinski definition) is 0. The molecule has 63 heavy (non-hydrogen) atoms. The lowest BCUT2D eigenvalue weighted by Gasteiger charge is -2.15. The van der Waals surface area contributed by atoms with E-state index in [1.54, 1.807) is 18.7 Å². The van der Waals surface area contributed by atoms with Gasteiger partial charge in [-0.1, -0.05) is 13.8 Å². The lowest BCUT2D eigenvalue weighted by Crippen LogP contribution is -2.22. The highest BCUT2D eigenvalue weighted by molar-refractivity contribution is 8.00. The van der Waals surface area contributed by atoms with Crippen LogP contribution in [0.15, 0.2) is 0 Å². The van der Waals surface area contributed by atoms with Gasteiger partial charge in [0.05, 0.1) is 158 Å². The van der Waals surface area contributed by atoms with Gasteiger partial charge in [0, 0.05) is 48.7 Å². The molecule has 1 heterocycles. The lowest BCUT2D eigenvalue weighted by atomic mass is 9.91. The Kier molecular flexibility index (Phi) is 44.1. The topological polar surface area (TPSA) is 196 Å². The van der Waals surface area contributed by atoms with E-state index < -0.39 is 0 Å². The molecule has 2 fully saturated rings. The number of unbranched alkanes of at least 4 members (excludes halogenated alkanes) is 1. The van der Waals surface area contributed by atoms with Crippen LogP contribution in [-0.2, 0) is 80.8 Å². The maximum Gasteiger partial charge on any atom is 0.145 e. The summed E-state index contributed by atoms with van der Waals surface area (Å²) in [4.78, 5) is 56.4. The Morgan fingerprint density at radius 3 is 1.11 bits per heavy atom. The van der Waals surface area contributed by atoms with Crippen LogP contribution in [0.5, 0.6) is 0 Å². The number of hydrogen-bond acceptors (Lipinski definition) is 18. The van der Waals surface area contributed by atoms with Crippen LogP contribution in [0.25, 0.3) is 0 Å². The average Bonchev–Trinajstić information content (AvgIpc) is 3.79. The number of ketones is 5. The maximum atomic E-state index is 12.2. The summed E-state index contributed by atoms with van der Waals surface area (Å²) in [5, 5.41) is 0.251. The molecule has 2 rings (SSSR count). The zero-order chi connectivity index (χ0) is 45.1. The molecule has 0 unspecified atom stereocenters. The molecule has 2 aliphatic rings. The first-order valence-corrected chi connectivity index (χ1v) is 23.4. The maximum absolute atomic E-state index is 12.2. The molecule has 370 valence electrons. The van der Waals surface area contributed by atoms with Crippen LogP contribution < -0.4 is 0 Å². The molecule has 18 heteroatoms. The molecule has 0 spiro atoms. The minimum Gasteiger partial charge on any atom is -0.379 e. The van der Waals surface area contributed by atoms with Crippen molar-refractivity contribution in [2.24, 2.45) is 11.8 Å². The van der Waals surface area contributed by atoms with Crippen LogP contribution in [-0.4, -0.2) is 198 Å². The van der Waals surface area contributed by atoms with Gasteiger partial charge >= 0.3 is 0 Å². The largest absolute Gasteiger partial charge is 0.379 e. The molecular weight excluding hydrogens is 845 g/mol. The Bertz CT molecular complexity index is 1130. The number of fused-ring (bicyclic) bond motifs is 1. The van der Waals surface area contributed by atoms with Crippen molar-refractivity contribution in [3.63, 3.8) is 0 Å². The smallest absolute Gasteiger partial charge is 0.145 e. The first-order valence-electron chi connectivity index (χ1n) is 22.3. The molecule has 0 N–H and O–H groups in total. The van der Waals surface area contributed by atoms with E-state index in [0.717, 1.165) is 25.0 Å². The summed E-state index contributed by atoms with van der Waals surface area (Å²) in [6.45, 7) is 16.2. The van der Waals surface area contributed by atoms with E-state index in [1.165, 1.54) is 13.8 Å². The second-order valence-corrected chi connectivity index (χ2v) is 16.0. The highest BCUT2D eigenvalue weighted by Crippen LogP contribution is 2.45. The van der Waals surface area contributed by atoms with E-state index in [2.05, 4.69) is 0 Å². The number of Topliss-reactive ketones (excluding diaryl/α,β-unsaturated/α-hetero) is 5. The Morgan fingerprint density at radius 2 is 0.762 bits per heavy atom. The summed E-state index contributed by atoms with van der Waals surface area (Å²) in [6, 6.07) is 0. The molecule has 1 saturated carbocycles. The minimum atomic E-state index is -0.0755. The fourth-order valence-electron chi connectivity index (χ4n) is 6.00. The van der Waals surface area contributed by atoms with E-state index in [-0.39, 0.29) is 59.8 Å². The molecule has 0 aromatic carbocycles. The lowest BCUT2D eigenvalue weighted by molar-refractivity contribution is -0.123. The zero-order valence-corrected chi connectivity index (χ0v) is 38.7. The summed E-state index contributed by atoms with van der Waals surface area (Å²) in [6.07, 6.45) is 5.00.